The van der Waals surface area contributed by atoms with Gasteiger partial charge in [-0.05, 0) is 30.3 Å². The fourth-order valence-electron chi connectivity index (χ4n) is 3.02. The van der Waals surface area contributed by atoms with Crippen LogP contribution in [0.15, 0.2) is 53.4 Å². The first-order valence-electron chi connectivity index (χ1n) is 8.86. The molecule has 0 atom stereocenters. The number of rotatable bonds is 5. The van der Waals surface area contributed by atoms with Crippen molar-refractivity contribution in [3.8, 4) is 0 Å². The Bertz CT molecular complexity index is 1110. The fraction of sp³-hybridized carbons (Fsp3) is 0.211. The van der Waals surface area contributed by atoms with Crippen molar-refractivity contribution in [2.45, 2.75) is 4.90 Å². The van der Waals surface area contributed by atoms with Gasteiger partial charge in [0, 0.05) is 43.3 Å². The standard InChI is InChI=1S/C19H17Cl2N3O5S/c20-15-6-7-16(21)18(13-15)30(28,29)23-11-9-22(10-12-23)19(25)8-5-14-3-1-2-4-17(14)24(26)27/h1-8,13H,9-12H2. The van der Waals surface area contributed by atoms with Gasteiger partial charge < -0.3 is 4.90 Å². The van der Waals surface area contributed by atoms with Gasteiger partial charge in [-0.25, -0.2) is 8.42 Å². The molecule has 0 saturated carbocycles. The van der Waals surface area contributed by atoms with Gasteiger partial charge in [0.2, 0.25) is 15.9 Å². The van der Waals surface area contributed by atoms with Crippen LogP contribution in [0.1, 0.15) is 5.56 Å². The third-order valence-corrected chi connectivity index (χ3v) is 7.22. The molecule has 0 spiro atoms. The molecule has 0 bridgehead atoms. The van der Waals surface area contributed by atoms with Gasteiger partial charge in [0.05, 0.1) is 15.5 Å². The number of nitro groups is 1. The molecule has 1 aliphatic rings. The maximum atomic E-state index is 12.9. The lowest BCUT2D eigenvalue weighted by Gasteiger charge is -2.33. The van der Waals surface area contributed by atoms with Gasteiger partial charge in [0.15, 0.2) is 0 Å². The van der Waals surface area contributed by atoms with Crippen LogP contribution in [0.4, 0.5) is 5.69 Å². The number of hydrogen-bond acceptors (Lipinski definition) is 5. The highest BCUT2D eigenvalue weighted by Crippen LogP contribution is 2.28. The zero-order valence-corrected chi connectivity index (χ0v) is 17.9. The summed E-state index contributed by atoms with van der Waals surface area (Å²) in [7, 11) is -3.85. The molecule has 3 rings (SSSR count). The second-order valence-electron chi connectivity index (χ2n) is 6.45. The molecule has 1 aliphatic heterocycles. The van der Waals surface area contributed by atoms with E-state index in [2.05, 4.69) is 0 Å². The third-order valence-electron chi connectivity index (χ3n) is 4.60. The first-order chi connectivity index (χ1) is 14.2. The molecule has 0 N–H and O–H groups in total. The SMILES string of the molecule is O=C(C=Cc1ccccc1[N+](=O)[O-])N1CCN(S(=O)(=O)c2cc(Cl)ccc2Cl)CC1. The second-order valence-corrected chi connectivity index (χ2v) is 9.20. The van der Waals surface area contributed by atoms with Crippen LogP contribution < -0.4 is 0 Å². The van der Waals surface area contributed by atoms with E-state index in [4.69, 9.17) is 23.2 Å². The van der Waals surface area contributed by atoms with E-state index >= 15 is 0 Å². The zero-order chi connectivity index (χ0) is 21.9. The first kappa shape index (κ1) is 22.2. The zero-order valence-electron chi connectivity index (χ0n) is 15.6. The molecule has 1 saturated heterocycles. The van der Waals surface area contributed by atoms with Gasteiger partial charge >= 0.3 is 0 Å². The summed E-state index contributed by atoms with van der Waals surface area (Å²) in [6, 6.07) is 10.3. The molecule has 11 heteroatoms. The quantitative estimate of drug-likeness (QED) is 0.379. The number of nitro benzene ring substituents is 1. The van der Waals surface area contributed by atoms with Crippen molar-refractivity contribution in [3.63, 3.8) is 0 Å². The Hall–Kier alpha value is -2.46. The van der Waals surface area contributed by atoms with Crippen molar-refractivity contribution >= 4 is 50.9 Å². The minimum absolute atomic E-state index is 0.0743. The van der Waals surface area contributed by atoms with E-state index in [0.29, 0.717) is 5.56 Å². The van der Waals surface area contributed by atoms with Gasteiger partial charge in [-0.15, -0.1) is 0 Å². The minimum atomic E-state index is -3.85. The molecule has 8 nitrogen and oxygen atoms in total. The number of piperazine rings is 1. The summed E-state index contributed by atoms with van der Waals surface area (Å²) in [6.07, 6.45) is 2.63. The number of sulfonamides is 1. The highest BCUT2D eigenvalue weighted by molar-refractivity contribution is 7.89. The van der Waals surface area contributed by atoms with Gasteiger partial charge in [-0.2, -0.15) is 4.31 Å². The van der Waals surface area contributed by atoms with E-state index in [1.54, 1.807) is 18.2 Å². The van der Waals surface area contributed by atoms with Gasteiger partial charge in [0.1, 0.15) is 4.90 Å². The lowest BCUT2D eigenvalue weighted by atomic mass is 10.1. The van der Waals surface area contributed by atoms with Crippen molar-refractivity contribution in [3.05, 3.63) is 74.3 Å². The molecule has 0 aliphatic carbocycles. The molecule has 2 aromatic rings. The van der Waals surface area contributed by atoms with E-state index < -0.39 is 14.9 Å². The number of hydrogen-bond donors (Lipinski definition) is 0. The summed E-state index contributed by atoms with van der Waals surface area (Å²) in [5.41, 5.74) is 0.212. The monoisotopic (exact) mass is 469 g/mol. The maximum Gasteiger partial charge on any atom is 0.276 e. The summed E-state index contributed by atoms with van der Waals surface area (Å²) in [4.78, 5) is 24.4. The second kappa shape index (κ2) is 9.13. The lowest BCUT2D eigenvalue weighted by molar-refractivity contribution is -0.385. The van der Waals surface area contributed by atoms with E-state index in [-0.39, 0.29) is 52.7 Å². The van der Waals surface area contributed by atoms with Crippen LogP contribution in [0.2, 0.25) is 10.0 Å². The van der Waals surface area contributed by atoms with Crippen molar-refractivity contribution in [1.82, 2.24) is 9.21 Å². The fourth-order valence-corrected chi connectivity index (χ4v) is 5.18. The average Bonchev–Trinajstić information content (AvgIpc) is 2.73. The summed E-state index contributed by atoms with van der Waals surface area (Å²) in [5.74, 6) is -0.356. The largest absolute Gasteiger partial charge is 0.337 e. The molecule has 1 amide bonds. The van der Waals surface area contributed by atoms with E-state index in [1.807, 2.05) is 0 Å². The predicted molar refractivity (Wildman–Crippen MR) is 114 cm³/mol. The number of amides is 1. The van der Waals surface area contributed by atoms with Crippen LogP contribution in [0.25, 0.3) is 6.08 Å². The Balaban J connectivity index is 1.67. The molecule has 2 aromatic carbocycles. The molecule has 0 aromatic heterocycles. The van der Waals surface area contributed by atoms with Crippen molar-refractivity contribution < 1.29 is 18.1 Å². The van der Waals surface area contributed by atoms with Crippen molar-refractivity contribution in [2.75, 3.05) is 26.2 Å². The van der Waals surface area contributed by atoms with Crippen LogP contribution in [0, 0.1) is 10.1 Å². The van der Waals surface area contributed by atoms with Crippen molar-refractivity contribution in [1.29, 1.82) is 0 Å². The van der Waals surface area contributed by atoms with Crippen LogP contribution in [-0.2, 0) is 14.8 Å². The molecular weight excluding hydrogens is 453 g/mol. The highest BCUT2D eigenvalue weighted by atomic mass is 35.5. The van der Waals surface area contributed by atoms with E-state index in [1.165, 1.54) is 45.6 Å². The Morgan fingerprint density at radius 1 is 1.07 bits per heavy atom. The average molecular weight is 470 g/mol. The summed E-state index contributed by atoms with van der Waals surface area (Å²) in [6.45, 7) is 0.543. The van der Waals surface area contributed by atoms with Gasteiger partial charge in [-0.3, -0.25) is 14.9 Å². The number of carbonyl (C=O) groups excluding carboxylic acids is 1. The molecule has 0 unspecified atom stereocenters. The number of carbonyl (C=O) groups is 1. The Kier molecular flexibility index (Phi) is 6.77. The summed E-state index contributed by atoms with van der Waals surface area (Å²) < 4.78 is 27.0. The summed E-state index contributed by atoms with van der Waals surface area (Å²) >= 11 is 11.9. The van der Waals surface area contributed by atoms with Crippen LogP contribution >= 0.6 is 23.2 Å². The van der Waals surface area contributed by atoms with Gasteiger partial charge in [-0.1, -0.05) is 35.3 Å². The van der Waals surface area contributed by atoms with Gasteiger partial charge in [0.25, 0.3) is 5.69 Å². The Morgan fingerprint density at radius 2 is 1.73 bits per heavy atom. The van der Waals surface area contributed by atoms with Crippen LogP contribution in [-0.4, -0.2) is 54.6 Å². The topological polar surface area (TPSA) is 101 Å². The Morgan fingerprint density at radius 3 is 2.40 bits per heavy atom. The normalized spacial score (nSPS) is 15.5. The van der Waals surface area contributed by atoms with Crippen molar-refractivity contribution in [2.24, 2.45) is 0 Å². The lowest BCUT2D eigenvalue weighted by Crippen LogP contribution is -2.50. The van der Waals surface area contributed by atoms with E-state index in [9.17, 15) is 23.3 Å². The van der Waals surface area contributed by atoms with Crippen LogP contribution in [0.3, 0.4) is 0 Å². The molecule has 0 radical (unpaired) electrons. The molecule has 30 heavy (non-hydrogen) atoms. The third kappa shape index (κ3) is 4.81. The predicted octanol–water partition coefficient (Wildman–Crippen LogP) is 3.45. The molecular formula is C19H17Cl2N3O5S. The minimum Gasteiger partial charge on any atom is -0.337 e. The smallest absolute Gasteiger partial charge is 0.276 e. The van der Waals surface area contributed by atoms with E-state index in [0.717, 1.165) is 0 Å². The first-order valence-corrected chi connectivity index (χ1v) is 11.1. The molecule has 158 valence electrons. The summed E-state index contributed by atoms with van der Waals surface area (Å²) in [5, 5.41) is 11.4. The maximum absolute atomic E-state index is 12.9. The molecule has 1 heterocycles. The number of halogens is 2. The number of benzene rings is 2. The number of para-hydroxylation sites is 1. The molecule has 1 fully saturated rings. The number of nitrogens with zero attached hydrogens (tertiary/aromatic N) is 3. The van der Waals surface area contributed by atoms with Crippen LogP contribution in [0.5, 0.6) is 0 Å². The Labute approximate surface area is 183 Å². The highest BCUT2D eigenvalue weighted by Gasteiger charge is 2.31.